The Morgan fingerprint density at radius 1 is 0.759 bits per heavy atom. The van der Waals surface area contributed by atoms with Gasteiger partial charge >= 0.3 is 5.84 Å². The first-order chi connectivity index (χ1) is 13.7. The number of hydroxylamine groups is 3. The molecule has 0 saturated heterocycles. The van der Waals surface area contributed by atoms with Gasteiger partial charge in [-0.1, -0.05) is 5.06 Å². The maximum absolute atomic E-state index is 13.2. The van der Waals surface area contributed by atoms with Crippen LogP contribution in [0.15, 0.2) is 67.3 Å². The minimum atomic E-state index is -0.867. The molecule has 0 fully saturated rings. The van der Waals surface area contributed by atoms with E-state index in [1.165, 1.54) is 0 Å². The molecule has 1 aliphatic rings. The lowest BCUT2D eigenvalue weighted by atomic mass is 9.84. The van der Waals surface area contributed by atoms with Crippen molar-refractivity contribution in [3.8, 4) is 22.3 Å². The van der Waals surface area contributed by atoms with Crippen LogP contribution in [0.3, 0.4) is 0 Å². The number of aromatic nitrogens is 2. The first-order valence-electron chi connectivity index (χ1n) is 9.51. The molecule has 2 aromatic heterocycles. The van der Waals surface area contributed by atoms with Gasteiger partial charge in [-0.05, 0) is 92.4 Å². The number of benzene rings is 1. The predicted molar refractivity (Wildman–Crippen MR) is 111 cm³/mol. The Kier molecular flexibility index (Phi) is 4.39. The van der Waals surface area contributed by atoms with E-state index in [0.29, 0.717) is 5.56 Å². The quantitative estimate of drug-likeness (QED) is 0.496. The third-order valence-electron chi connectivity index (χ3n) is 6.12. The molecule has 0 N–H and O–H groups in total. The summed E-state index contributed by atoms with van der Waals surface area (Å²) in [6, 6.07) is 13.5. The highest BCUT2D eigenvalue weighted by molar-refractivity contribution is 5.98. The van der Waals surface area contributed by atoms with E-state index in [0.717, 1.165) is 32.1 Å². The predicted octanol–water partition coefficient (Wildman–Crippen LogP) is 4.29. The van der Waals surface area contributed by atoms with Crippen molar-refractivity contribution >= 4 is 5.84 Å². The molecule has 0 unspecified atom stereocenters. The van der Waals surface area contributed by atoms with Crippen LogP contribution in [0.5, 0.6) is 0 Å². The molecule has 3 heterocycles. The van der Waals surface area contributed by atoms with Crippen LogP contribution in [0.1, 0.15) is 33.3 Å². The van der Waals surface area contributed by atoms with Crippen molar-refractivity contribution in [1.82, 2.24) is 15.0 Å². The highest BCUT2D eigenvalue weighted by Gasteiger charge is 2.60. The van der Waals surface area contributed by atoms with Crippen LogP contribution in [-0.2, 0) is 5.21 Å². The van der Waals surface area contributed by atoms with Gasteiger partial charge in [0.2, 0.25) is 0 Å². The minimum absolute atomic E-state index is 0.131. The van der Waals surface area contributed by atoms with Crippen LogP contribution in [0.2, 0.25) is 0 Å². The SMILES string of the molecule is CC1(C)N([O])C(c2cc(-c3ccncc3)cc(-c3ccncc3)c2)=[N+]([O-])C1(C)C. The number of nitrogens with zero attached hydrogens (tertiary/aromatic N) is 4. The molecule has 4 rings (SSSR count). The van der Waals surface area contributed by atoms with E-state index >= 15 is 0 Å². The van der Waals surface area contributed by atoms with E-state index in [2.05, 4.69) is 9.97 Å². The fourth-order valence-electron chi connectivity index (χ4n) is 3.52. The van der Waals surface area contributed by atoms with Gasteiger partial charge in [-0.15, -0.1) is 0 Å². The summed E-state index contributed by atoms with van der Waals surface area (Å²) in [5.41, 5.74) is 2.60. The molecule has 0 saturated carbocycles. The van der Waals surface area contributed by atoms with Crippen LogP contribution in [0.4, 0.5) is 0 Å². The molecule has 1 radical (unpaired) electrons. The molecule has 3 aromatic rings. The smallest absolute Gasteiger partial charge is 0.316 e. The number of hydrogen-bond donors (Lipinski definition) is 0. The van der Waals surface area contributed by atoms with E-state index < -0.39 is 11.1 Å². The molecular weight excluding hydrogens is 364 g/mol. The lowest BCUT2D eigenvalue weighted by Gasteiger charge is -2.32. The van der Waals surface area contributed by atoms with Crippen molar-refractivity contribution < 1.29 is 9.95 Å². The third kappa shape index (κ3) is 2.96. The van der Waals surface area contributed by atoms with E-state index in [9.17, 15) is 10.4 Å². The van der Waals surface area contributed by atoms with Gasteiger partial charge in [0.05, 0.1) is 5.56 Å². The monoisotopic (exact) mass is 387 g/mol. The van der Waals surface area contributed by atoms with Gasteiger partial charge in [0.25, 0.3) is 0 Å². The fraction of sp³-hybridized carbons (Fsp3) is 0.261. The second-order valence-electron chi connectivity index (χ2n) is 8.30. The zero-order chi connectivity index (χ0) is 20.8. The largest absolute Gasteiger partial charge is 0.714 e. The van der Waals surface area contributed by atoms with Crippen LogP contribution in [0.25, 0.3) is 22.3 Å². The summed E-state index contributed by atoms with van der Waals surface area (Å²) in [7, 11) is 0. The van der Waals surface area contributed by atoms with Crippen LogP contribution < -0.4 is 0 Å². The Labute approximate surface area is 170 Å². The summed E-state index contributed by atoms with van der Waals surface area (Å²) in [5, 5.41) is 27.2. The third-order valence-corrected chi connectivity index (χ3v) is 6.12. The highest BCUT2D eigenvalue weighted by Crippen LogP contribution is 2.38. The van der Waals surface area contributed by atoms with Gasteiger partial charge in [0.1, 0.15) is 5.54 Å². The van der Waals surface area contributed by atoms with Gasteiger partial charge in [-0.25, -0.2) is 0 Å². The van der Waals surface area contributed by atoms with Gasteiger partial charge in [0, 0.05) is 30.0 Å². The molecule has 1 aliphatic heterocycles. The molecule has 6 heteroatoms. The Morgan fingerprint density at radius 3 is 1.55 bits per heavy atom. The van der Waals surface area contributed by atoms with Gasteiger partial charge in [-0.2, -0.15) is 0 Å². The Balaban J connectivity index is 1.96. The summed E-state index contributed by atoms with van der Waals surface area (Å²) in [6.07, 6.45) is 6.90. The normalized spacial score (nSPS) is 17.6. The number of rotatable bonds is 3. The first kappa shape index (κ1) is 19.1. The average Bonchev–Trinajstić information content (AvgIpc) is 2.85. The highest BCUT2D eigenvalue weighted by atomic mass is 16.5. The molecule has 6 nitrogen and oxygen atoms in total. The van der Waals surface area contributed by atoms with Crippen LogP contribution >= 0.6 is 0 Å². The molecule has 147 valence electrons. The standard InChI is InChI=1S/C23H23N4O2/c1-22(2)23(3,4)27(29)21(26(22)28)20-14-18(16-5-9-24-10-6-16)13-19(15-20)17-7-11-25-12-8-17/h5-15H,1-4H3. The summed E-state index contributed by atoms with van der Waals surface area (Å²) in [6.45, 7) is 7.20. The lowest BCUT2D eigenvalue weighted by Crippen LogP contribution is -2.53. The topological polar surface area (TPSA) is 75.0 Å². The number of hydrogen-bond acceptors (Lipinski definition) is 4. The Bertz CT molecular complexity index is 1020. The zero-order valence-electron chi connectivity index (χ0n) is 17.0. The lowest BCUT2D eigenvalue weighted by molar-refractivity contribution is -0.539. The fourth-order valence-corrected chi connectivity index (χ4v) is 3.52. The molecule has 0 atom stereocenters. The van der Waals surface area contributed by atoms with Crippen molar-refractivity contribution in [1.29, 1.82) is 0 Å². The average molecular weight is 387 g/mol. The second kappa shape index (κ2) is 6.67. The molecule has 0 spiro atoms. The first-order valence-corrected chi connectivity index (χ1v) is 9.51. The van der Waals surface area contributed by atoms with Crippen molar-refractivity contribution in [3.63, 3.8) is 0 Å². The number of amidine groups is 1. The van der Waals surface area contributed by atoms with Crippen molar-refractivity contribution in [2.45, 2.75) is 38.8 Å². The Hall–Kier alpha value is -3.25. The molecule has 29 heavy (non-hydrogen) atoms. The van der Waals surface area contributed by atoms with Crippen molar-refractivity contribution in [2.24, 2.45) is 0 Å². The molecule has 0 aliphatic carbocycles. The van der Waals surface area contributed by atoms with Crippen molar-refractivity contribution in [2.75, 3.05) is 0 Å². The summed E-state index contributed by atoms with van der Waals surface area (Å²) < 4.78 is 0.849. The maximum Gasteiger partial charge on any atom is 0.316 e. The van der Waals surface area contributed by atoms with E-state index in [1.54, 1.807) is 52.5 Å². The second-order valence-corrected chi connectivity index (χ2v) is 8.30. The summed E-state index contributed by atoms with van der Waals surface area (Å²) >= 11 is 0. The molecular formula is C23H23N4O2. The van der Waals surface area contributed by atoms with Gasteiger partial charge in [-0.3, -0.25) is 14.7 Å². The number of pyridine rings is 2. The van der Waals surface area contributed by atoms with Crippen LogP contribution in [-0.4, -0.2) is 36.7 Å². The van der Waals surface area contributed by atoms with Crippen LogP contribution in [0, 0.1) is 5.21 Å². The van der Waals surface area contributed by atoms with E-state index in [4.69, 9.17) is 0 Å². The van der Waals surface area contributed by atoms with Gasteiger partial charge < -0.3 is 5.21 Å². The minimum Gasteiger partial charge on any atom is -0.714 e. The maximum atomic E-state index is 13.2. The molecule has 0 bridgehead atoms. The Morgan fingerprint density at radius 2 is 1.17 bits per heavy atom. The van der Waals surface area contributed by atoms with Crippen molar-refractivity contribution in [3.05, 3.63) is 78.0 Å². The van der Waals surface area contributed by atoms with E-state index in [1.807, 2.05) is 42.5 Å². The summed E-state index contributed by atoms with van der Waals surface area (Å²) in [4.78, 5) is 8.17. The van der Waals surface area contributed by atoms with E-state index in [-0.39, 0.29) is 5.84 Å². The zero-order valence-corrected chi connectivity index (χ0v) is 17.0. The molecule has 0 amide bonds. The summed E-state index contributed by atoms with van der Waals surface area (Å²) in [5.74, 6) is 0.131. The molecule has 1 aromatic carbocycles. The van der Waals surface area contributed by atoms with Gasteiger partial charge in [0.15, 0.2) is 5.54 Å².